The number of thiazole rings is 1. The molecule has 1 amide bonds. The number of nitrogens with zero attached hydrogens (tertiary/aromatic N) is 4. The van der Waals surface area contributed by atoms with Gasteiger partial charge in [-0.15, -0.1) is 11.3 Å². The van der Waals surface area contributed by atoms with Crippen molar-refractivity contribution in [2.24, 2.45) is 7.05 Å². The summed E-state index contributed by atoms with van der Waals surface area (Å²) in [6, 6.07) is 5.32. The van der Waals surface area contributed by atoms with Gasteiger partial charge in [-0.2, -0.15) is 5.10 Å². The van der Waals surface area contributed by atoms with Gasteiger partial charge in [-0.05, 0) is 19.1 Å². The summed E-state index contributed by atoms with van der Waals surface area (Å²) in [6.07, 6.45) is 2.33. The van der Waals surface area contributed by atoms with Gasteiger partial charge in [0.05, 0.1) is 11.1 Å². The topological polar surface area (TPSA) is 129 Å². The van der Waals surface area contributed by atoms with Crippen molar-refractivity contribution in [2.75, 3.05) is 5.32 Å². The molecule has 144 valence electrons. The van der Waals surface area contributed by atoms with Gasteiger partial charge < -0.3 is 10.1 Å². The second-order valence-corrected chi connectivity index (χ2v) is 6.64. The number of benzene rings is 1. The average Bonchev–Trinajstić information content (AvgIpc) is 3.31. The third-order valence-electron chi connectivity index (χ3n) is 3.66. The molecule has 2 aromatic heterocycles. The lowest BCUT2D eigenvalue weighted by molar-refractivity contribution is -0.384. The summed E-state index contributed by atoms with van der Waals surface area (Å²) in [5.74, 6) is -1.29. The van der Waals surface area contributed by atoms with Gasteiger partial charge in [-0.1, -0.05) is 0 Å². The number of carbonyl (C=O) groups is 2. The molecule has 1 atom stereocenters. The highest BCUT2D eigenvalue weighted by molar-refractivity contribution is 7.13. The fraction of sp³-hybridized carbons (Fsp3) is 0.176. The zero-order valence-electron chi connectivity index (χ0n) is 14.9. The molecule has 0 aliphatic rings. The van der Waals surface area contributed by atoms with E-state index in [0.717, 1.165) is 5.56 Å². The van der Waals surface area contributed by atoms with Crippen LogP contribution in [0.3, 0.4) is 0 Å². The number of nitrogens with one attached hydrogen (secondary N) is 1. The van der Waals surface area contributed by atoms with Crippen LogP contribution >= 0.6 is 11.3 Å². The first-order valence-corrected chi connectivity index (χ1v) is 8.92. The molecular formula is C17H15N5O5S. The predicted octanol–water partition coefficient (Wildman–Crippen LogP) is 2.64. The molecule has 1 N–H and O–H groups in total. The molecule has 0 spiro atoms. The highest BCUT2D eigenvalue weighted by Gasteiger charge is 2.21. The number of anilines is 1. The number of hydrogen-bond donors (Lipinski definition) is 1. The van der Waals surface area contributed by atoms with Gasteiger partial charge in [0.1, 0.15) is 5.01 Å². The Balaban J connectivity index is 1.59. The molecule has 0 saturated carbocycles. The first-order valence-electron chi connectivity index (χ1n) is 8.04. The average molecular weight is 401 g/mol. The van der Waals surface area contributed by atoms with E-state index < -0.39 is 22.9 Å². The fourth-order valence-corrected chi connectivity index (χ4v) is 2.98. The maximum Gasteiger partial charge on any atom is 0.358 e. The van der Waals surface area contributed by atoms with Crippen LogP contribution in [0, 0.1) is 10.1 Å². The summed E-state index contributed by atoms with van der Waals surface area (Å²) in [5.41, 5.74) is 1.13. The van der Waals surface area contributed by atoms with Crippen molar-refractivity contribution in [1.29, 1.82) is 0 Å². The van der Waals surface area contributed by atoms with E-state index in [4.69, 9.17) is 4.74 Å². The Hall–Kier alpha value is -3.60. The molecule has 2 heterocycles. The highest BCUT2D eigenvalue weighted by atomic mass is 32.1. The highest BCUT2D eigenvalue weighted by Crippen LogP contribution is 2.23. The van der Waals surface area contributed by atoms with Crippen molar-refractivity contribution in [3.63, 3.8) is 0 Å². The molecule has 0 bridgehead atoms. The van der Waals surface area contributed by atoms with Crippen molar-refractivity contribution < 1.29 is 19.2 Å². The molecule has 0 aliphatic carbocycles. The molecule has 0 radical (unpaired) electrons. The van der Waals surface area contributed by atoms with Gasteiger partial charge in [0.2, 0.25) is 0 Å². The zero-order valence-corrected chi connectivity index (χ0v) is 15.7. The van der Waals surface area contributed by atoms with Crippen LogP contribution < -0.4 is 5.32 Å². The second-order valence-electron chi connectivity index (χ2n) is 5.78. The van der Waals surface area contributed by atoms with E-state index in [1.165, 1.54) is 42.5 Å². The molecule has 1 aromatic carbocycles. The van der Waals surface area contributed by atoms with Gasteiger partial charge in [0, 0.05) is 42.0 Å². The van der Waals surface area contributed by atoms with Crippen LogP contribution in [0.2, 0.25) is 0 Å². The number of non-ortho nitro benzene ring substituents is 1. The smallest absolute Gasteiger partial charge is 0.358 e. The number of nitro groups is 1. The summed E-state index contributed by atoms with van der Waals surface area (Å²) < 4.78 is 6.78. The lowest BCUT2D eigenvalue weighted by Gasteiger charge is -2.12. The summed E-state index contributed by atoms with van der Waals surface area (Å²) in [4.78, 5) is 38.7. The number of hydrogen-bond acceptors (Lipinski definition) is 8. The van der Waals surface area contributed by atoms with E-state index in [1.807, 2.05) is 0 Å². The molecular weight excluding hydrogens is 386 g/mol. The van der Waals surface area contributed by atoms with E-state index in [2.05, 4.69) is 15.4 Å². The number of aromatic nitrogens is 3. The number of carbonyl (C=O) groups excluding carboxylic acids is 2. The number of esters is 1. The van der Waals surface area contributed by atoms with Crippen molar-refractivity contribution >= 4 is 34.6 Å². The quantitative estimate of drug-likeness (QED) is 0.382. The van der Waals surface area contributed by atoms with Crippen LogP contribution in [-0.4, -0.2) is 37.7 Å². The van der Waals surface area contributed by atoms with Crippen LogP contribution in [0.1, 0.15) is 17.4 Å². The number of ether oxygens (including phenoxy) is 1. The van der Waals surface area contributed by atoms with E-state index in [1.54, 1.807) is 29.5 Å². The lowest BCUT2D eigenvalue weighted by Crippen LogP contribution is -2.30. The molecule has 3 aromatic rings. The van der Waals surface area contributed by atoms with Gasteiger partial charge in [0.25, 0.3) is 11.6 Å². The third-order valence-corrected chi connectivity index (χ3v) is 4.56. The van der Waals surface area contributed by atoms with E-state index >= 15 is 0 Å². The molecule has 11 heteroatoms. The van der Waals surface area contributed by atoms with E-state index in [-0.39, 0.29) is 11.4 Å². The Bertz CT molecular complexity index is 1030. The molecule has 0 fully saturated rings. The van der Waals surface area contributed by atoms with Crippen molar-refractivity contribution in [3.05, 3.63) is 57.8 Å². The Morgan fingerprint density at radius 3 is 2.64 bits per heavy atom. The van der Waals surface area contributed by atoms with Gasteiger partial charge in [-0.25, -0.2) is 9.78 Å². The third kappa shape index (κ3) is 4.38. The van der Waals surface area contributed by atoms with Crippen molar-refractivity contribution in [3.8, 4) is 10.6 Å². The van der Waals surface area contributed by atoms with Crippen LogP contribution in [0.4, 0.5) is 11.4 Å². The zero-order chi connectivity index (χ0) is 20.3. The van der Waals surface area contributed by atoms with Crippen molar-refractivity contribution in [2.45, 2.75) is 13.0 Å². The number of aryl methyl sites for hydroxylation is 1. The number of amides is 1. The lowest BCUT2D eigenvalue weighted by atomic mass is 10.2. The maximum atomic E-state index is 12.2. The van der Waals surface area contributed by atoms with Crippen LogP contribution in [0.15, 0.2) is 42.0 Å². The summed E-state index contributed by atoms with van der Waals surface area (Å²) in [5, 5.41) is 19.4. The first-order chi connectivity index (χ1) is 13.3. The standard InChI is InChI=1S/C17H15N5O5S/c1-10(15(23)19-12-3-5-13(6-4-12)22(25)26)27-17(24)14-9-28-16(20-14)11-7-18-21(2)8-11/h3-10H,1-2H3,(H,19,23). The van der Waals surface area contributed by atoms with E-state index in [0.29, 0.717) is 10.7 Å². The van der Waals surface area contributed by atoms with Gasteiger partial charge >= 0.3 is 5.97 Å². The largest absolute Gasteiger partial charge is 0.448 e. The maximum absolute atomic E-state index is 12.2. The monoisotopic (exact) mass is 401 g/mol. The number of rotatable bonds is 6. The fourth-order valence-electron chi connectivity index (χ4n) is 2.22. The molecule has 3 rings (SSSR count). The van der Waals surface area contributed by atoms with Crippen LogP contribution in [-0.2, 0) is 16.6 Å². The summed E-state index contributed by atoms with van der Waals surface area (Å²) in [6.45, 7) is 1.42. The summed E-state index contributed by atoms with van der Waals surface area (Å²) >= 11 is 1.27. The van der Waals surface area contributed by atoms with Crippen LogP contribution in [0.5, 0.6) is 0 Å². The van der Waals surface area contributed by atoms with Crippen LogP contribution in [0.25, 0.3) is 10.6 Å². The molecule has 28 heavy (non-hydrogen) atoms. The second kappa shape index (κ2) is 7.96. The van der Waals surface area contributed by atoms with Gasteiger partial charge in [-0.3, -0.25) is 19.6 Å². The molecule has 0 saturated heterocycles. The predicted molar refractivity (Wildman–Crippen MR) is 101 cm³/mol. The first kappa shape index (κ1) is 19.2. The normalized spacial score (nSPS) is 11.6. The Morgan fingerprint density at radius 1 is 1.32 bits per heavy atom. The van der Waals surface area contributed by atoms with E-state index in [9.17, 15) is 19.7 Å². The Labute approximate surface area is 162 Å². The minimum atomic E-state index is -1.08. The Kier molecular flexibility index (Phi) is 5.45. The molecule has 10 nitrogen and oxygen atoms in total. The van der Waals surface area contributed by atoms with Gasteiger partial charge in [0.15, 0.2) is 11.8 Å². The molecule has 1 unspecified atom stereocenters. The minimum absolute atomic E-state index is 0.0922. The Morgan fingerprint density at radius 2 is 2.04 bits per heavy atom. The summed E-state index contributed by atoms with van der Waals surface area (Å²) in [7, 11) is 1.78. The van der Waals surface area contributed by atoms with Crippen molar-refractivity contribution in [1.82, 2.24) is 14.8 Å². The molecule has 0 aliphatic heterocycles. The minimum Gasteiger partial charge on any atom is -0.448 e. The number of nitro benzene ring substituents is 1. The SMILES string of the molecule is CC(OC(=O)c1csc(-c2cnn(C)c2)n1)C(=O)Nc1ccc([N+](=O)[O-])cc1.